The third-order valence-corrected chi connectivity index (χ3v) is 3.61. The minimum atomic E-state index is -0.467. The highest BCUT2D eigenvalue weighted by atomic mass is 35.5. The molecule has 0 fully saturated rings. The van der Waals surface area contributed by atoms with Gasteiger partial charge in [0.1, 0.15) is 5.15 Å². The van der Waals surface area contributed by atoms with Crippen molar-refractivity contribution in [1.82, 2.24) is 4.98 Å². The Balaban J connectivity index is 2.47. The quantitative estimate of drug-likeness (QED) is 0.694. The Morgan fingerprint density at radius 2 is 2.47 bits per heavy atom. The highest BCUT2D eigenvalue weighted by Crippen LogP contribution is 2.33. The topological polar surface area (TPSA) is 59.2 Å². The molecule has 4 nitrogen and oxygen atoms in total. The molecule has 0 saturated carbocycles. The molecule has 0 bridgehead atoms. The zero-order valence-electron chi connectivity index (χ0n) is 8.11. The summed E-state index contributed by atoms with van der Waals surface area (Å²) in [4.78, 5) is 18.2. The SMILES string of the molecule is CN1C(=O)[C@@H](N)CSc2cc(Cl)ncc21. The van der Waals surface area contributed by atoms with Crippen LogP contribution in [-0.4, -0.2) is 29.7 Å². The smallest absolute Gasteiger partial charge is 0.244 e. The van der Waals surface area contributed by atoms with Gasteiger partial charge in [-0.25, -0.2) is 4.98 Å². The van der Waals surface area contributed by atoms with Gasteiger partial charge in [-0.2, -0.15) is 0 Å². The summed E-state index contributed by atoms with van der Waals surface area (Å²) in [5.41, 5.74) is 6.49. The monoisotopic (exact) mass is 243 g/mol. The number of amides is 1. The van der Waals surface area contributed by atoms with Crippen molar-refractivity contribution in [2.75, 3.05) is 17.7 Å². The Labute approximate surface area is 96.8 Å². The number of rotatable bonds is 0. The lowest BCUT2D eigenvalue weighted by Crippen LogP contribution is -2.42. The lowest BCUT2D eigenvalue weighted by Gasteiger charge is -2.18. The van der Waals surface area contributed by atoms with Crippen molar-refractivity contribution in [3.63, 3.8) is 0 Å². The number of hydrogen-bond donors (Lipinski definition) is 1. The van der Waals surface area contributed by atoms with Gasteiger partial charge in [0.25, 0.3) is 0 Å². The second kappa shape index (κ2) is 4.00. The molecule has 2 rings (SSSR count). The fourth-order valence-corrected chi connectivity index (χ4v) is 2.65. The maximum atomic E-state index is 11.7. The Morgan fingerprint density at radius 3 is 3.20 bits per heavy atom. The first-order valence-corrected chi connectivity index (χ1v) is 5.77. The van der Waals surface area contributed by atoms with Crippen LogP contribution in [0.25, 0.3) is 0 Å². The van der Waals surface area contributed by atoms with Gasteiger partial charge in [-0.3, -0.25) is 4.79 Å². The van der Waals surface area contributed by atoms with Gasteiger partial charge >= 0.3 is 0 Å². The molecule has 1 amide bonds. The van der Waals surface area contributed by atoms with Crippen molar-refractivity contribution in [2.24, 2.45) is 5.73 Å². The Kier molecular flexibility index (Phi) is 2.86. The molecule has 1 aliphatic heterocycles. The second-order valence-electron chi connectivity index (χ2n) is 3.29. The molecule has 2 heterocycles. The summed E-state index contributed by atoms with van der Waals surface area (Å²) in [5, 5.41) is 0.428. The number of hydrogen-bond acceptors (Lipinski definition) is 4. The summed E-state index contributed by atoms with van der Waals surface area (Å²) in [6.07, 6.45) is 1.60. The van der Waals surface area contributed by atoms with E-state index in [0.29, 0.717) is 10.9 Å². The first-order valence-electron chi connectivity index (χ1n) is 4.41. The molecule has 1 aromatic rings. The van der Waals surface area contributed by atoms with Crippen LogP contribution in [0.4, 0.5) is 5.69 Å². The number of pyridine rings is 1. The molecule has 0 radical (unpaired) electrons. The number of aromatic nitrogens is 1. The van der Waals surface area contributed by atoms with Crippen LogP contribution < -0.4 is 10.6 Å². The molecule has 15 heavy (non-hydrogen) atoms. The van der Waals surface area contributed by atoms with E-state index in [1.54, 1.807) is 19.3 Å². The number of carbonyl (C=O) groups excluding carboxylic acids is 1. The lowest BCUT2D eigenvalue weighted by atomic mass is 10.3. The van der Waals surface area contributed by atoms with Crippen molar-refractivity contribution in [3.8, 4) is 0 Å². The van der Waals surface area contributed by atoms with Gasteiger partial charge in [0.15, 0.2) is 0 Å². The van der Waals surface area contributed by atoms with Gasteiger partial charge in [0, 0.05) is 17.7 Å². The first kappa shape index (κ1) is 10.7. The fraction of sp³-hybridized carbons (Fsp3) is 0.333. The van der Waals surface area contributed by atoms with Crippen molar-refractivity contribution in [3.05, 3.63) is 17.4 Å². The normalized spacial score (nSPS) is 21.1. The van der Waals surface area contributed by atoms with Gasteiger partial charge in [0.2, 0.25) is 5.91 Å². The summed E-state index contributed by atoms with van der Waals surface area (Å²) in [6, 6.07) is 1.29. The Morgan fingerprint density at radius 1 is 1.73 bits per heavy atom. The van der Waals surface area contributed by atoms with E-state index in [-0.39, 0.29) is 5.91 Å². The molecule has 0 aliphatic carbocycles. The zero-order chi connectivity index (χ0) is 11.0. The van der Waals surface area contributed by atoms with E-state index in [4.69, 9.17) is 17.3 Å². The predicted octanol–water partition coefficient (Wildman–Crippen LogP) is 1.13. The van der Waals surface area contributed by atoms with Crippen LogP contribution in [0.5, 0.6) is 0 Å². The Hall–Kier alpha value is -0.780. The van der Waals surface area contributed by atoms with Gasteiger partial charge in [0.05, 0.1) is 17.9 Å². The summed E-state index contributed by atoms with van der Waals surface area (Å²) in [6.45, 7) is 0. The summed E-state index contributed by atoms with van der Waals surface area (Å²) in [5.74, 6) is 0.474. The van der Waals surface area contributed by atoms with E-state index in [0.717, 1.165) is 10.6 Å². The molecule has 0 spiro atoms. The van der Waals surface area contributed by atoms with Crippen LogP contribution >= 0.6 is 23.4 Å². The highest BCUT2D eigenvalue weighted by molar-refractivity contribution is 7.99. The Bertz CT molecular complexity index is 412. The third-order valence-electron chi connectivity index (χ3n) is 2.24. The minimum Gasteiger partial charge on any atom is -0.319 e. The van der Waals surface area contributed by atoms with Gasteiger partial charge in [-0.1, -0.05) is 11.6 Å². The number of carbonyl (C=O) groups is 1. The molecule has 2 N–H and O–H groups in total. The predicted molar refractivity (Wildman–Crippen MR) is 61.4 cm³/mol. The zero-order valence-corrected chi connectivity index (χ0v) is 9.68. The molecule has 80 valence electrons. The average Bonchev–Trinajstić information content (AvgIpc) is 2.32. The second-order valence-corrected chi connectivity index (χ2v) is 4.74. The van der Waals surface area contributed by atoms with E-state index in [9.17, 15) is 4.79 Å². The number of halogens is 1. The first-order chi connectivity index (χ1) is 7.09. The molecule has 1 aromatic heterocycles. The molecule has 6 heteroatoms. The van der Waals surface area contributed by atoms with Gasteiger partial charge in [-0.15, -0.1) is 11.8 Å². The summed E-state index contributed by atoms with van der Waals surface area (Å²) < 4.78 is 0. The van der Waals surface area contributed by atoms with E-state index in [1.807, 2.05) is 0 Å². The third kappa shape index (κ3) is 1.95. The lowest BCUT2D eigenvalue weighted by molar-refractivity contribution is -0.119. The van der Waals surface area contributed by atoms with Crippen LogP contribution in [0.3, 0.4) is 0 Å². The summed E-state index contributed by atoms with van der Waals surface area (Å²) >= 11 is 7.32. The maximum Gasteiger partial charge on any atom is 0.244 e. The molecule has 0 unspecified atom stereocenters. The van der Waals surface area contributed by atoms with Crippen LogP contribution in [0, 0.1) is 0 Å². The van der Waals surface area contributed by atoms with Gasteiger partial charge < -0.3 is 10.6 Å². The molecule has 0 saturated heterocycles. The van der Waals surface area contributed by atoms with Gasteiger partial charge in [-0.05, 0) is 6.07 Å². The van der Waals surface area contributed by atoms with E-state index in [1.165, 1.54) is 16.7 Å². The largest absolute Gasteiger partial charge is 0.319 e. The van der Waals surface area contributed by atoms with Crippen LogP contribution in [0.2, 0.25) is 5.15 Å². The van der Waals surface area contributed by atoms with Crippen LogP contribution in [-0.2, 0) is 4.79 Å². The minimum absolute atomic E-state index is 0.0922. The van der Waals surface area contributed by atoms with E-state index < -0.39 is 6.04 Å². The average molecular weight is 244 g/mol. The number of fused-ring (bicyclic) bond motifs is 1. The van der Waals surface area contributed by atoms with Crippen LogP contribution in [0.15, 0.2) is 17.2 Å². The fourth-order valence-electron chi connectivity index (χ4n) is 1.39. The van der Waals surface area contributed by atoms with Crippen molar-refractivity contribution in [2.45, 2.75) is 10.9 Å². The number of thioether (sulfide) groups is 1. The van der Waals surface area contributed by atoms with Crippen molar-refractivity contribution < 1.29 is 4.79 Å². The van der Waals surface area contributed by atoms with E-state index in [2.05, 4.69) is 4.98 Å². The summed E-state index contributed by atoms with van der Waals surface area (Å²) in [7, 11) is 1.70. The molecule has 1 aliphatic rings. The number of nitrogens with zero attached hydrogens (tertiary/aromatic N) is 2. The maximum absolute atomic E-state index is 11.7. The number of likely N-dealkylation sites (N-methyl/N-ethyl adjacent to an activating group) is 1. The van der Waals surface area contributed by atoms with Crippen molar-refractivity contribution in [1.29, 1.82) is 0 Å². The molecular formula is C9H10ClN3OS. The van der Waals surface area contributed by atoms with E-state index >= 15 is 0 Å². The molecular weight excluding hydrogens is 234 g/mol. The number of nitrogens with two attached hydrogens (primary N) is 1. The number of anilines is 1. The highest BCUT2D eigenvalue weighted by Gasteiger charge is 2.25. The molecule has 1 atom stereocenters. The standard InChI is InChI=1S/C9H10ClN3OS/c1-13-6-3-12-8(10)2-7(6)15-4-5(11)9(13)14/h2-3,5H,4,11H2,1H3/t5-/m0/s1. The van der Waals surface area contributed by atoms with Crippen LogP contribution in [0.1, 0.15) is 0 Å². The molecule has 0 aromatic carbocycles. The van der Waals surface area contributed by atoms with Crippen molar-refractivity contribution >= 4 is 35.0 Å².